The van der Waals surface area contributed by atoms with Gasteiger partial charge in [-0.15, -0.1) is 0 Å². The predicted molar refractivity (Wildman–Crippen MR) is 58.9 cm³/mol. The van der Waals surface area contributed by atoms with Crippen LogP contribution < -0.4 is 0 Å². The number of methoxy groups -OCH3 is 1. The van der Waals surface area contributed by atoms with Gasteiger partial charge in [0.15, 0.2) is 0 Å². The third kappa shape index (κ3) is 2.20. The van der Waals surface area contributed by atoms with Gasteiger partial charge < -0.3 is 4.74 Å². The van der Waals surface area contributed by atoms with E-state index >= 15 is 0 Å². The molecule has 14 heavy (non-hydrogen) atoms. The summed E-state index contributed by atoms with van der Waals surface area (Å²) in [6.45, 7) is 0. The summed E-state index contributed by atoms with van der Waals surface area (Å²) in [6, 6.07) is 0. The Morgan fingerprint density at radius 1 is 1.21 bits per heavy atom. The van der Waals surface area contributed by atoms with Crippen LogP contribution >= 0.6 is 0 Å². The van der Waals surface area contributed by atoms with Crippen molar-refractivity contribution in [2.45, 2.75) is 38.5 Å². The van der Waals surface area contributed by atoms with Gasteiger partial charge in [-0.2, -0.15) is 0 Å². The summed E-state index contributed by atoms with van der Waals surface area (Å²) in [5.74, 6) is 2.72. The third-order valence-electron chi connectivity index (χ3n) is 3.56. The molecule has 2 rings (SSSR count). The summed E-state index contributed by atoms with van der Waals surface area (Å²) in [5, 5.41) is 0. The lowest BCUT2D eigenvalue weighted by molar-refractivity contribution is 0.261. The van der Waals surface area contributed by atoms with Crippen LogP contribution in [0.2, 0.25) is 0 Å². The fourth-order valence-electron chi connectivity index (χ4n) is 2.70. The van der Waals surface area contributed by atoms with E-state index in [0.29, 0.717) is 0 Å². The van der Waals surface area contributed by atoms with Gasteiger partial charge in [-0.3, -0.25) is 0 Å². The zero-order chi connectivity index (χ0) is 9.80. The summed E-state index contributed by atoms with van der Waals surface area (Å²) in [7, 11) is 1.76. The molecule has 2 aliphatic carbocycles. The highest BCUT2D eigenvalue weighted by atomic mass is 16.5. The van der Waals surface area contributed by atoms with Crippen molar-refractivity contribution in [1.82, 2.24) is 0 Å². The standard InChI is InChI=1S/C13H20O/c1-14-13-9-5-8-12(10-13)11-6-3-2-4-7-11/h5,9-12H,2-4,6-8H2,1H3. The molecule has 1 atom stereocenters. The molecule has 1 fully saturated rings. The normalized spacial score (nSPS) is 28.6. The maximum atomic E-state index is 5.29. The van der Waals surface area contributed by atoms with E-state index in [1.807, 2.05) is 0 Å². The highest BCUT2D eigenvalue weighted by Crippen LogP contribution is 2.34. The van der Waals surface area contributed by atoms with E-state index in [4.69, 9.17) is 4.74 Å². The average molecular weight is 192 g/mol. The molecule has 0 amide bonds. The van der Waals surface area contributed by atoms with Crippen molar-refractivity contribution in [3.05, 3.63) is 24.0 Å². The van der Waals surface area contributed by atoms with E-state index in [2.05, 4.69) is 18.2 Å². The van der Waals surface area contributed by atoms with Crippen molar-refractivity contribution in [3.8, 4) is 0 Å². The van der Waals surface area contributed by atoms with Crippen LogP contribution in [-0.2, 0) is 4.74 Å². The Labute approximate surface area is 86.8 Å². The molecule has 0 N–H and O–H groups in total. The molecule has 0 spiro atoms. The lowest BCUT2D eigenvalue weighted by atomic mass is 9.77. The van der Waals surface area contributed by atoms with Crippen LogP contribution in [-0.4, -0.2) is 7.11 Å². The van der Waals surface area contributed by atoms with Gasteiger partial charge in [0, 0.05) is 0 Å². The first kappa shape index (κ1) is 9.82. The van der Waals surface area contributed by atoms with Crippen molar-refractivity contribution in [2.24, 2.45) is 11.8 Å². The van der Waals surface area contributed by atoms with Gasteiger partial charge >= 0.3 is 0 Å². The maximum Gasteiger partial charge on any atom is 0.114 e. The van der Waals surface area contributed by atoms with Gasteiger partial charge in [-0.25, -0.2) is 0 Å². The van der Waals surface area contributed by atoms with Gasteiger partial charge in [0.05, 0.1) is 7.11 Å². The molecular weight excluding hydrogens is 172 g/mol. The van der Waals surface area contributed by atoms with Crippen molar-refractivity contribution < 1.29 is 4.74 Å². The number of ether oxygens (including phenoxy) is 1. The zero-order valence-electron chi connectivity index (χ0n) is 9.04. The number of rotatable bonds is 2. The molecule has 0 bridgehead atoms. The van der Waals surface area contributed by atoms with E-state index in [1.54, 1.807) is 7.11 Å². The maximum absolute atomic E-state index is 5.29. The van der Waals surface area contributed by atoms with Crippen molar-refractivity contribution >= 4 is 0 Å². The van der Waals surface area contributed by atoms with E-state index in [-0.39, 0.29) is 0 Å². The Kier molecular flexibility index (Phi) is 3.28. The quantitative estimate of drug-likeness (QED) is 0.648. The summed E-state index contributed by atoms with van der Waals surface area (Å²) >= 11 is 0. The SMILES string of the molecule is COC1=CC(C2CCCCC2)CC=C1. The number of allylic oxidation sites excluding steroid dienone is 3. The summed E-state index contributed by atoms with van der Waals surface area (Å²) in [6.07, 6.45) is 15.1. The predicted octanol–water partition coefficient (Wildman–Crippen LogP) is 3.67. The molecule has 0 aromatic heterocycles. The van der Waals surface area contributed by atoms with E-state index in [0.717, 1.165) is 17.6 Å². The van der Waals surface area contributed by atoms with Gasteiger partial charge in [-0.1, -0.05) is 25.3 Å². The Balaban J connectivity index is 1.97. The van der Waals surface area contributed by atoms with Crippen LogP contribution in [0.1, 0.15) is 38.5 Å². The monoisotopic (exact) mass is 192 g/mol. The van der Waals surface area contributed by atoms with E-state index < -0.39 is 0 Å². The molecule has 1 heteroatoms. The minimum Gasteiger partial charge on any atom is -0.497 e. The summed E-state index contributed by atoms with van der Waals surface area (Å²) in [4.78, 5) is 0. The van der Waals surface area contributed by atoms with Crippen LogP contribution in [0.3, 0.4) is 0 Å². The molecule has 1 unspecified atom stereocenters. The second kappa shape index (κ2) is 4.68. The molecule has 78 valence electrons. The minimum atomic E-state index is 0.746. The topological polar surface area (TPSA) is 9.23 Å². The lowest BCUT2D eigenvalue weighted by Gasteiger charge is -2.29. The molecule has 0 saturated heterocycles. The molecule has 1 saturated carbocycles. The Morgan fingerprint density at radius 3 is 2.71 bits per heavy atom. The molecule has 2 aliphatic rings. The van der Waals surface area contributed by atoms with Crippen LogP contribution in [0.4, 0.5) is 0 Å². The van der Waals surface area contributed by atoms with Crippen LogP contribution in [0, 0.1) is 11.8 Å². The molecular formula is C13H20O. The molecule has 1 nitrogen and oxygen atoms in total. The number of hydrogen-bond acceptors (Lipinski definition) is 1. The Hall–Kier alpha value is -0.720. The van der Waals surface area contributed by atoms with Gasteiger partial charge in [0.2, 0.25) is 0 Å². The van der Waals surface area contributed by atoms with Crippen molar-refractivity contribution in [1.29, 1.82) is 0 Å². The van der Waals surface area contributed by atoms with Crippen LogP contribution in [0.5, 0.6) is 0 Å². The van der Waals surface area contributed by atoms with Crippen molar-refractivity contribution in [3.63, 3.8) is 0 Å². The van der Waals surface area contributed by atoms with E-state index in [1.165, 1.54) is 38.5 Å². The lowest BCUT2D eigenvalue weighted by Crippen LogP contribution is -2.17. The fourth-order valence-corrected chi connectivity index (χ4v) is 2.70. The van der Waals surface area contributed by atoms with Gasteiger partial charge in [-0.05, 0) is 43.3 Å². The summed E-state index contributed by atoms with van der Waals surface area (Å²) in [5.41, 5.74) is 0. The Bertz CT molecular complexity index is 234. The Morgan fingerprint density at radius 2 is 2.00 bits per heavy atom. The first-order chi connectivity index (χ1) is 6.90. The second-order valence-corrected chi connectivity index (χ2v) is 4.47. The van der Waals surface area contributed by atoms with Crippen molar-refractivity contribution in [2.75, 3.05) is 7.11 Å². The van der Waals surface area contributed by atoms with E-state index in [9.17, 15) is 0 Å². The molecule has 0 aromatic carbocycles. The van der Waals surface area contributed by atoms with Gasteiger partial charge in [0.1, 0.15) is 5.76 Å². The average Bonchev–Trinajstić information content (AvgIpc) is 2.30. The second-order valence-electron chi connectivity index (χ2n) is 4.47. The van der Waals surface area contributed by atoms with Crippen LogP contribution in [0.25, 0.3) is 0 Å². The van der Waals surface area contributed by atoms with Crippen LogP contribution in [0.15, 0.2) is 24.0 Å². The molecule has 0 radical (unpaired) electrons. The molecule has 0 aliphatic heterocycles. The smallest absolute Gasteiger partial charge is 0.114 e. The minimum absolute atomic E-state index is 0.746. The summed E-state index contributed by atoms with van der Waals surface area (Å²) < 4.78 is 5.29. The molecule has 0 heterocycles. The largest absolute Gasteiger partial charge is 0.497 e. The zero-order valence-corrected chi connectivity index (χ0v) is 9.04. The highest BCUT2D eigenvalue weighted by molar-refractivity contribution is 5.19. The highest BCUT2D eigenvalue weighted by Gasteiger charge is 2.22. The first-order valence-corrected chi connectivity index (χ1v) is 5.82. The molecule has 0 aromatic rings. The van der Waals surface area contributed by atoms with Gasteiger partial charge in [0.25, 0.3) is 0 Å². The number of hydrogen-bond donors (Lipinski definition) is 0. The first-order valence-electron chi connectivity index (χ1n) is 5.82. The third-order valence-corrected chi connectivity index (χ3v) is 3.56. The fraction of sp³-hybridized carbons (Fsp3) is 0.692.